The molecule has 5 heteroatoms. The molecule has 1 aliphatic heterocycles. The van der Waals surface area contributed by atoms with Crippen molar-refractivity contribution in [1.82, 2.24) is 14.9 Å². The Morgan fingerprint density at radius 1 is 1.24 bits per heavy atom. The highest BCUT2D eigenvalue weighted by molar-refractivity contribution is 5.62. The van der Waals surface area contributed by atoms with E-state index in [1.54, 1.807) is 12.4 Å². The van der Waals surface area contributed by atoms with E-state index in [-0.39, 0.29) is 5.82 Å². The van der Waals surface area contributed by atoms with Gasteiger partial charge in [0, 0.05) is 23.4 Å². The van der Waals surface area contributed by atoms with Crippen molar-refractivity contribution in [3.63, 3.8) is 0 Å². The number of aryl methyl sites for hydroxylation is 1. The van der Waals surface area contributed by atoms with Gasteiger partial charge in [0.25, 0.3) is 0 Å². The second kappa shape index (κ2) is 6.84. The monoisotopic (exact) mass is 339 g/mol. The molecule has 0 atom stereocenters. The number of hydrogen-bond acceptors (Lipinski definition) is 3. The molecule has 0 unspecified atom stereocenters. The molecule has 4 rings (SSSR count). The first kappa shape index (κ1) is 16.1. The van der Waals surface area contributed by atoms with E-state index >= 15 is 0 Å². The van der Waals surface area contributed by atoms with Gasteiger partial charge in [-0.2, -0.15) is 0 Å². The summed E-state index contributed by atoms with van der Waals surface area (Å²) in [6, 6.07) is 8.80. The molecule has 2 aromatic heterocycles. The molecule has 0 bridgehead atoms. The summed E-state index contributed by atoms with van der Waals surface area (Å²) in [5.41, 5.74) is 3.08. The Balaban J connectivity index is 1.39. The molecule has 1 N–H and O–H groups in total. The molecule has 0 spiro atoms. The minimum Gasteiger partial charge on any atom is -0.460 e. The smallest absolute Gasteiger partial charge is 0.134 e. The van der Waals surface area contributed by atoms with Crippen LogP contribution in [0.2, 0.25) is 0 Å². The van der Waals surface area contributed by atoms with Crippen LogP contribution < -0.4 is 0 Å². The third-order valence-electron chi connectivity index (χ3n) is 5.04. The maximum Gasteiger partial charge on any atom is 0.134 e. The molecule has 1 aliphatic rings. The molecule has 0 saturated carbocycles. The van der Waals surface area contributed by atoms with Crippen LogP contribution in [0.3, 0.4) is 0 Å². The van der Waals surface area contributed by atoms with Crippen molar-refractivity contribution in [3.8, 4) is 11.3 Å². The van der Waals surface area contributed by atoms with Gasteiger partial charge in [-0.05, 0) is 68.8 Å². The minimum atomic E-state index is -0.215. The highest BCUT2D eigenvalue weighted by atomic mass is 19.1. The van der Waals surface area contributed by atoms with Crippen molar-refractivity contribution in [2.45, 2.75) is 32.2 Å². The molecule has 3 heterocycles. The number of likely N-dealkylation sites (tertiary alicyclic amines) is 1. The van der Waals surface area contributed by atoms with Gasteiger partial charge in [0.05, 0.1) is 12.9 Å². The molecule has 1 fully saturated rings. The lowest BCUT2D eigenvalue weighted by Crippen LogP contribution is -2.32. The van der Waals surface area contributed by atoms with Gasteiger partial charge < -0.3 is 9.40 Å². The van der Waals surface area contributed by atoms with E-state index in [9.17, 15) is 4.39 Å². The zero-order valence-corrected chi connectivity index (χ0v) is 14.3. The molecule has 1 aromatic carbocycles. The number of halogens is 1. The lowest BCUT2D eigenvalue weighted by molar-refractivity contribution is 0.190. The number of nitrogens with zero attached hydrogens (tertiary/aromatic N) is 2. The van der Waals surface area contributed by atoms with Crippen LogP contribution in [-0.4, -0.2) is 28.0 Å². The number of benzene rings is 1. The lowest BCUT2D eigenvalue weighted by atomic mass is 9.94. The average Bonchev–Trinajstić information content (AvgIpc) is 3.28. The van der Waals surface area contributed by atoms with Crippen molar-refractivity contribution in [2.75, 3.05) is 13.1 Å². The number of H-pyrrole nitrogens is 1. The van der Waals surface area contributed by atoms with Crippen LogP contribution in [0.15, 0.2) is 47.3 Å². The normalized spacial score (nSPS) is 16.4. The topological polar surface area (TPSA) is 45.1 Å². The van der Waals surface area contributed by atoms with Crippen molar-refractivity contribution in [1.29, 1.82) is 0 Å². The quantitative estimate of drug-likeness (QED) is 0.761. The van der Waals surface area contributed by atoms with Gasteiger partial charge in [0.1, 0.15) is 17.3 Å². The molecule has 0 radical (unpaired) electrons. The van der Waals surface area contributed by atoms with Crippen LogP contribution in [0.25, 0.3) is 11.3 Å². The number of aromatic nitrogens is 2. The summed E-state index contributed by atoms with van der Waals surface area (Å²) in [5.74, 6) is 2.12. The number of piperidine rings is 1. The molecule has 0 aliphatic carbocycles. The predicted molar refractivity (Wildman–Crippen MR) is 94.7 cm³/mol. The van der Waals surface area contributed by atoms with Crippen molar-refractivity contribution < 1.29 is 8.81 Å². The zero-order chi connectivity index (χ0) is 17.2. The highest BCUT2D eigenvalue weighted by Gasteiger charge is 2.22. The largest absolute Gasteiger partial charge is 0.460 e. The number of furan rings is 1. The summed E-state index contributed by atoms with van der Waals surface area (Å²) in [6.07, 6.45) is 5.95. The highest BCUT2D eigenvalue weighted by Crippen LogP contribution is 2.29. The van der Waals surface area contributed by atoms with E-state index in [0.29, 0.717) is 5.92 Å². The fraction of sp³-hybridized carbons (Fsp3) is 0.350. The molecule has 4 nitrogen and oxygen atoms in total. The number of hydrogen-bond donors (Lipinski definition) is 1. The molecular formula is C20H22FN3O. The Hall–Kier alpha value is -2.40. The van der Waals surface area contributed by atoms with E-state index in [2.05, 4.69) is 14.9 Å². The lowest BCUT2D eigenvalue weighted by Gasteiger charge is -2.30. The molecule has 3 aromatic rings. The third-order valence-corrected chi connectivity index (χ3v) is 5.04. The third kappa shape index (κ3) is 3.51. The number of nitrogens with one attached hydrogen (secondary N) is 1. The zero-order valence-electron chi connectivity index (χ0n) is 14.3. The number of rotatable bonds is 4. The van der Waals surface area contributed by atoms with Gasteiger partial charge >= 0.3 is 0 Å². The van der Waals surface area contributed by atoms with Crippen LogP contribution in [0.1, 0.15) is 35.8 Å². The average molecular weight is 339 g/mol. The predicted octanol–water partition coefficient (Wildman–Crippen LogP) is 4.50. The van der Waals surface area contributed by atoms with Gasteiger partial charge in [0.2, 0.25) is 0 Å². The van der Waals surface area contributed by atoms with E-state index in [4.69, 9.17) is 4.42 Å². The Morgan fingerprint density at radius 3 is 2.80 bits per heavy atom. The molecular weight excluding hydrogens is 317 g/mol. The first-order valence-electron chi connectivity index (χ1n) is 8.75. The fourth-order valence-electron chi connectivity index (χ4n) is 3.62. The van der Waals surface area contributed by atoms with E-state index < -0.39 is 0 Å². The fourth-order valence-corrected chi connectivity index (χ4v) is 3.62. The van der Waals surface area contributed by atoms with Gasteiger partial charge in [-0.15, -0.1) is 0 Å². The van der Waals surface area contributed by atoms with Crippen LogP contribution >= 0.6 is 0 Å². The van der Waals surface area contributed by atoms with Crippen LogP contribution in [0.4, 0.5) is 4.39 Å². The van der Waals surface area contributed by atoms with Gasteiger partial charge in [-0.1, -0.05) is 0 Å². The first-order chi connectivity index (χ1) is 12.2. The van der Waals surface area contributed by atoms with E-state index in [1.165, 1.54) is 17.8 Å². The van der Waals surface area contributed by atoms with Gasteiger partial charge in [0.15, 0.2) is 0 Å². The summed E-state index contributed by atoms with van der Waals surface area (Å²) >= 11 is 0. The Morgan fingerprint density at radius 2 is 2.08 bits per heavy atom. The Bertz CT molecular complexity index is 833. The minimum absolute atomic E-state index is 0.215. The van der Waals surface area contributed by atoms with Crippen molar-refractivity contribution in [3.05, 3.63) is 65.7 Å². The van der Waals surface area contributed by atoms with Gasteiger partial charge in [-0.3, -0.25) is 4.90 Å². The SMILES string of the molecule is Cc1cc(F)ccc1-c1ccc(CN2CCC(c3cnc[nH]3)CC2)o1. The molecule has 0 amide bonds. The van der Waals surface area contributed by atoms with Crippen molar-refractivity contribution >= 4 is 0 Å². The molecule has 130 valence electrons. The second-order valence-electron chi connectivity index (χ2n) is 6.78. The first-order valence-corrected chi connectivity index (χ1v) is 8.75. The summed E-state index contributed by atoms with van der Waals surface area (Å²) < 4.78 is 19.3. The maximum absolute atomic E-state index is 13.3. The second-order valence-corrected chi connectivity index (χ2v) is 6.78. The van der Waals surface area contributed by atoms with Crippen molar-refractivity contribution in [2.24, 2.45) is 0 Å². The van der Waals surface area contributed by atoms with Crippen LogP contribution in [0.5, 0.6) is 0 Å². The number of aromatic amines is 1. The van der Waals surface area contributed by atoms with Crippen LogP contribution in [0, 0.1) is 12.7 Å². The Kier molecular flexibility index (Phi) is 4.40. The molecule has 25 heavy (non-hydrogen) atoms. The summed E-state index contributed by atoms with van der Waals surface area (Å²) in [5, 5.41) is 0. The Labute approximate surface area is 146 Å². The van der Waals surface area contributed by atoms with E-state index in [0.717, 1.165) is 55.1 Å². The summed E-state index contributed by atoms with van der Waals surface area (Å²) in [6.45, 7) is 4.82. The summed E-state index contributed by atoms with van der Waals surface area (Å²) in [4.78, 5) is 9.77. The van der Waals surface area contributed by atoms with Crippen LogP contribution in [-0.2, 0) is 6.54 Å². The standard InChI is InChI=1S/C20H22FN3O/c1-14-10-16(21)2-4-18(14)20-5-3-17(25-20)12-24-8-6-15(7-9-24)19-11-22-13-23-19/h2-5,10-11,13,15H,6-9,12H2,1H3,(H,22,23). The molecule has 1 saturated heterocycles. The number of imidazole rings is 1. The maximum atomic E-state index is 13.3. The summed E-state index contributed by atoms with van der Waals surface area (Å²) in [7, 11) is 0. The van der Waals surface area contributed by atoms with Gasteiger partial charge in [-0.25, -0.2) is 9.37 Å². The van der Waals surface area contributed by atoms with E-state index in [1.807, 2.05) is 25.3 Å².